The molecule has 0 aromatic rings. The number of carbonyl (C=O) groups excluding carboxylic acids is 1. The summed E-state index contributed by atoms with van der Waals surface area (Å²) in [4.78, 5) is 11.3. The Hall–Kier alpha value is -0.950. The van der Waals surface area contributed by atoms with E-state index in [0.717, 1.165) is 18.4 Å². The van der Waals surface area contributed by atoms with Crippen molar-refractivity contribution in [3.05, 3.63) is 11.6 Å². The van der Waals surface area contributed by atoms with Crippen molar-refractivity contribution in [2.45, 2.75) is 77.1 Å². The summed E-state index contributed by atoms with van der Waals surface area (Å²) in [6.07, 6.45) is 4.87. The Morgan fingerprint density at radius 2 is 1.96 bits per heavy atom. The molecule has 0 saturated heterocycles. The van der Waals surface area contributed by atoms with Gasteiger partial charge in [-0.2, -0.15) is 0 Å². The standard InChI is InChI=1S/C22H34O6/c1-13(24)28-12-22(27)9-8-21-10-15(22)18(26)14(21)4-5-16-19(2,11-23)17(25)6-7-20(16,21)3/h4,15-18,23,25-27H,5-12H2,1-3H3/t15-,16-,17+,18-,19-,20-,21-,22-/m0/s1. The van der Waals surface area contributed by atoms with E-state index in [1.54, 1.807) is 0 Å². The first-order valence-corrected chi connectivity index (χ1v) is 10.6. The lowest BCUT2D eigenvalue weighted by molar-refractivity contribution is -0.189. The van der Waals surface area contributed by atoms with E-state index in [1.165, 1.54) is 6.92 Å². The molecule has 0 unspecified atom stereocenters. The van der Waals surface area contributed by atoms with E-state index in [4.69, 9.17) is 4.74 Å². The summed E-state index contributed by atoms with van der Waals surface area (Å²) >= 11 is 0. The molecule has 4 aliphatic rings. The van der Waals surface area contributed by atoms with E-state index in [-0.39, 0.29) is 35.9 Å². The normalized spacial score (nSPS) is 52.5. The number of rotatable bonds is 3. The molecule has 28 heavy (non-hydrogen) atoms. The molecule has 3 fully saturated rings. The molecule has 158 valence electrons. The van der Waals surface area contributed by atoms with Crippen LogP contribution in [-0.4, -0.2) is 57.4 Å². The van der Waals surface area contributed by atoms with Crippen molar-refractivity contribution in [3.8, 4) is 0 Å². The van der Waals surface area contributed by atoms with Gasteiger partial charge in [-0.3, -0.25) is 4.79 Å². The molecule has 0 aromatic heterocycles. The number of fused-ring (bicyclic) bond motifs is 2. The van der Waals surface area contributed by atoms with Crippen molar-refractivity contribution in [2.24, 2.45) is 28.1 Å². The number of esters is 1. The monoisotopic (exact) mass is 394 g/mol. The van der Waals surface area contributed by atoms with Crippen LogP contribution in [0.15, 0.2) is 11.6 Å². The lowest BCUT2D eigenvalue weighted by Crippen LogP contribution is -2.61. The lowest BCUT2D eigenvalue weighted by Gasteiger charge is -2.64. The highest BCUT2D eigenvalue weighted by Gasteiger charge is 2.70. The van der Waals surface area contributed by atoms with Crippen molar-refractivity contribution in [1.29, 1.82) is 0 Å². The number of ether oxygens (including phenoxy) is 1. The molecule has 6 nitrogen and oxygen atoms in total. The number of aliphatic hydroxyl groups excluding tert-OH is 3. The molecule has 0 aliphatic heterocycles. The zero-order valence-corrected chi connectivity index (χ0v) is 17.1. The Kier molecular flexibility index (Phi) is 4.55. The van der Waals surface area contributed by atoms with Gasteiger partial charge in [-0.05, 0) is 55.4 Å². The molecule has 0 heterocycles. The zero-order chi connectivity index (χ0) is 20.5. The second-order valence-electron chi connectivity index (χ2n) is 10.3. The van der Waals surface area contributed by atoms with Crippen molar-refractivity contribution in [1.82, 2.24) is 0 Å². The van der Waals surface area contributed by atoms with Crippen molar-refractivity contribution in [3.63, 3.8) is 0 Å². The maximum atomic E-state index is 11.3. The highest BCUT2D eigenvalue weighted by molar-refractivity contribution is 5.66. The minimum atomic E-state index is -1.21. The van der Waals surface area contributed by atoms with E-state index in [0.29, 0.717) is 25.7 Å². The summed E-state index contributed by atoms with van der Waals surface area (Å²) in [6, 6.07) is 0. The predicted molar refractivity (Wildman–Crippen MR) is 102 cm³/mol. The zero-order valence-electron chi connectivity index (χ0n) is 17.1. The molecule has 6 heteroatoms. The highest BCUT2D eigenvalue weighted by atomic mass is 16.5. The van der Waals surface area contributed by atoms with Crippen LogP contribution in [0.25, 0.3) is 0 Å². The van der Waals surface area contributed by atoms with Crippen LogP contribution in [0.5, 0.6) is 0 Å². The molecule has 3 saturated carbocycles. The lowest BCUT2D eigenvalue weighted by atomic mass is 9.41. The van der Waals surface area contributed by atoms with Gasteiger partial charge in [0, 0.05) is 23.7 Å². The molecule has 8 atom stereocenters. The minimum absolute atomic E-state index is 0.0595. The first-order valence-electron chi connectivity index (χ1n) is 10.6. The molecule has 0 radical (unpaired) electrons. The van der Waals surface area contributed by atoms with Gasteiger partial charge < -0.3 is 25.2 Å². The van der Waals surface area contributed by atoms with E-state index in [9.17, 15) is 25.2 Å². The van der Waals surface area contributed by atoms with Crippen LogP contribution >= 0.6 is 0 Å². The maximum absolute atomic E-state index is 11.3. The fraction of sp³-hybridized carbons (Fsp3) is 0.864. The van der Waals surface area contributed by atoms with Crippen LogP contribution in [0, 0.1) is 28.1 Å². The smallest absolute Gasteiger partial charge is 0.302 e. The Morgan fingerprint density at radius 1 is 1.25 bits per heavy atom. The largest absolute Gasteiger partial charge is 0.463 e. The SMILES string of the molecule is CC(=O)OC[C@@]1(O)CC[C@]23C[C@H]1[C@@H](O)C2=CC[C@H]1[C@](C)(CO)[C@H](O)CC[C@@]13C. The number of aliphatic hydroxyl groups is 4. The third-order valence-electron chi connectivity index (χ3n) is 9.29. The first-order chi connectivity index (χ1) is 13.0. The summed E-state index contributed by atoms with van der Waals surface area (Å²) in [5, 5.41) is 43.3. The maximum Gasteiger partial charge on any atom is 0.302 e. The fourth-order valence-electron chi connectivity index (χ4n) is 7.48. The predicted octanol–water partition coefficient (Wildman–Crippen LogP) is 1.55. The summed E-state index contributed by atoms with van der Waals surface area (Å²) < 4.78 is 5.15. The van der Waals surface area contributed by atoms with E-state index in [1.807, 2.05) is 6.92 Å². The van der Waals surface area contributed by atoms with E-state index in [2.05, 4.69) is 13.0 Å². The Morgan fingerprint density at radius 3 is 2.61 bits per heavy atom. The van der Waals surface area contributed by atoms with Crippen molar-refractivity contribution in [2.75, 3.05) is 13.2 Å². The highest BCUT2D eigenvalue weighted by Crippen LogP contribution is 2.73. The molecule has 4 aliphatic carbocycles. The fourth-order valence-corrected chi connectivity index (χ4v) is 7.48. The molecule has 0 amide bonds. The molecule has 0 aromatic carbocycles. The Labute approximate surface area is 166 Å². The summed E-state index contributed by atoms with van der Waals surface area (Å²) in [6.45, 7) is 5.43. The molecule has 4 N–H and O–H groups in total. The van der Waals surface area contributed by atoms with Crippen LogP contribution in [-0.2, 0) is 9.53 Å². The van der Waals surface area contributed by atoms with Crippen LogP contribution in [0.1, 0.15) is 59.3 Å². The molecule has 2 bridgehead atoms. The van der Waals surface area contributed by atoms with Gasteiger partial charge in [0.25, 0.3) is 0 Å². The first kappa shape index (κ1) is 20.3. The Bertz CT molecular complexity index is 705. The average Bonchev–Trinajstić information content (AvgIpc) is 2.92. The van der Waals surface area contributed by atoms with Gasteiger partial charge in [-0.15, -0.1) is 0 Å². The van der Waals surface area contributed by atoms with Crippen LogP contribution < -0.4 is 0 Å². The third-order valence-corrected chi connectivity index (χ3v) is 9.29. The third kappa shape index (κ3) is 2.38. The van der Waals surface area contributed by atoms with Crippen molar-refractivity contribution >= 4 is 5.97 Å². The van der Waals surface area contributed by atoms with E-state index >= 15 is 0 Å². The van der Waals surface area contributed by atoms with Gasteiger partial charge in [-0.1, -0.05) is 19.9 Å². The number of hydrogen-bond donors (Lipinski definition) is 4. The van der Waals surface area contributed by atoms with Gasteiger partial charge in [0.2, 0.25) is 0 Å². The molecular weight excluding hydrogens is 360 g/mol. The van der Waals surface area contributed by atoms with Gasteiger partial charge in [-0.25, -0.2) is 0 Å². The quantitative estimate of drug-likeness (QED) is 0.427. The van der Waals surface area contributed by atoms with E-state index < -0.39 is 29.2 Å². The average molecular weight is 395 g/mol. The summed E-state index contributed by atoms with van der Waals surface area (Å²) in [5.41, 5.74) is -1.16. The van der Waals surface area contributed by atoms with Gasteiger partial charge in [0.1, 0.15) is 12.2 Å². The Balaban J connectivity index is 1.73. The van der Waals surface area contributed by atoms with Crippen LogP contribution in [0.3, 0.4) is 0 Å². The second kappa shape index (κ2) is 6.27. The van der Waals surface area contributed by atoms with Crippen LogP contribution in [0.4, 0.5) is 0 Å². The molecular formula is C22H34O6. The summed E-state index contributed by atoms with van der Waals surface area (Å²) in [5.74, 6) is -0.678. The van der Waals surface area contributed by atoms with Gasteiger partial charge in [0.15, 0.2) is 0 Å². The molecule has 4 rings (SSSR count). The van der Waals surface area contributed by atoms with Gasteiger partial charge in [0.05, 0.1) is 18.8 Å². The number of carbonyl (C=O) groups is 1. The van der Waals surface area contributed by atoms with Crippen molar-refractivity contribution < 1.29 is 30.0 Å². The number of hydrogen-bond acceptors (Lipinski definition) is 6. The second-order valence-corrected chi connectivity index (χ2v) is 10.3. The molecule has 1 spiro atoms. The number of allylic oxidation sites excluding steroid dienone is 1. The van der Waals surface area contributed by atoms with Crippen LogP contribution in [0.2, 0.25) is 0 Å². The minimum Gasteiger partial charge on any atom is -0.463 e. The van der Waals surface area contributed by atoms with Gasteiger partial charge >= 0.3 is 5.97 Å². The topological polar surface area (TPSA) is 107 Å². The summed E-state index contributed by atoms with van der Waals surface area (Å²) in [7, 11) is 0.